The summed E-state index contributed by atoms with van der Waals surface area (Å²) < 4.78 is 38.9. The highest BCUT2D eigenvalue weighted by Gasteiger charge is 2.48. The molecule has 23 nitrogen and oxygen atoms in total. The first kappa shape index (κ1) is 72.6. The first-order valence-corrected chi connectivity index (χ1v) is 27.8. The molecule has 80 heavy (non-hydrogen) atoms. The number of ether oxygens (including phenoxy) is 8. The zero-order valence-electron chi connectivity index (χ0n) is 51.6. The first-order chi connectivity index (χ1) is 37.5. The van der Waals surface area contributed by atoms with Crippen LogP contribution in [-0.4, -0.2) is 224 Å². The molecular formula is C57H99N5O18. The van der Waals surface area contributed by atoms with E-state index >= 15 is 0 Å². The van der Waals surface area contributed by atoms with Crippen molar-refractivity contribution in [3.63, 3.8) is 0 Å². The minimum absolute atomic E-state index is 0.00592. The highest BCUT2D eigenvalue weighted by molar-refractivity contribution is 5.84. The van der Waals surface area contributed by atoms with Crippen molar-refractivity contribution in [2.24, 2.45) is 59.2 Å². The van der Waals surface area contributed by atoms with Crippen LogP contribution in [0.1, 0.15) is 108 Å². The van der Waals surface area contributed by atoms with Gasteiger partial charge in [0.1, 0.15) is 0 Å². The maximum absolute atomic E-state index is 12.2. The highest BCUT2D eigenvalue weighted by atomic mass is 16.5. The molecule has 23 heteroatoms. The Bertz CT molecular complexity index is 1920. The number of hydrogen-bond acceptors (Lipinski definition) is 18. The summed E-state index contributed by atoms with van der Waals surface area (Å²) in [5, 5.41) is 0. The second-order valence-corrected chi connectivity index (χ2v) is 22.8. The zero-order chi connectivity index (χ0) is 61.4. The fourth-order valence-electron chi connectivity index (χ4n) is 10.4. The van der Waals surface area contributed by atoms with E-state index in [0.29, 0.717) is 84.9 Å². The van der Waals surface area contributed by atoms with Crippen LogP contribution in [0.25, 0.3) is 0 Å². The molecule has 0 saturated carbocycles. The van der Waals surface area contributed by atoms with Crippen molar-refractivity contribution in [1.29, 1.82) is 0 Å². The third-order valence-corrected chi connectivity index (χ3v) is 14.7. The van der Waals surface area contributed by atoms with Gasteiger partial charge in [-0.25, -0.2) is 0 Å². The van der Waals surface area contributed by atoms with Crippen LogP contribution < -0.4 is 0 Å². The Morgan fingerprint density at radius 3 is 1.00 bits per heavy atom. The van der Waals surface area contributed by atoms with Gasteiger partial charge < -0.3 is 62.4 Å². The lowest BCUT2D eigenvalue weighted by Gasteiger charge is -2.35. The lowest BCUT2D eigenvalue weighted by Crippen LogP contribution is -2.49. The summed E-state index contributed by atoms with van der Waals surface area (Å²) >= 11 is 0. The van der Waals surface area contributed by atoms with Gasteiger partial charge in [-0.15, -0.1) is 0 Å². The molecular weight excluding hydrogens is 1040 g/mol. The van der Waals surface area contributed by atoms with Gasteiger partial charge in [0.05, 0.1) is 103 Å². The number of methoxy groups -OCH3 is 8. The van der Waals surface area contributed by atoms with Crippen molar-refractivity contribution in [2.45, 2.75) is 126 Å². The van der Waals surface area contributed by atoms with Crippen LogP contribution in [-0.2, 0) is 85.8 Å². The zero-order valence-corrected chi connectivity index (χ0v) is 51.6. The van der Waals surface area contributed by atoms with Crippen molar-refractivity contribution >= 4 is 59.4 Å². The Morgan fingerprint density at radius 1 is 0.400 bits per heavy atom. The van der Waals surface area contributed by atoms with E-state index in [4.69, 9.17) is 28.4 Å². The molecule has 5 aliphatic rings. The van der Waals surface area contributed by atoms with E-state index in [0.717, 1.165) is 12.8 Å². The predicted molar refractivity (Wildman–Crippen MR) is 295 cm³/mol. The van der Waals surface area contributed by atoms with Gasteiger partial charge in [-0.05, 0) is 39.0 Å². The van der Waals surface area contributed by atoms with Crippen LogP contribution in [0.4, 0.5) is 0 Å². The molecule has 460 valence electrons. The summed E-state index contributed by atoms with van der Waals surface area (Å²) in [7, 11) is 11.7. The maximum atomic E-state index is 12.2. The van der Waals surface area contributed by atoms with E-state index in [1.165, 1.54) is 35.5 Å². The van der Waals surface area contributed by atoms with Crippen molar-refractivity contribution in [1.82, 2.24) is 24.5 Å². The molecule has 0 aromatic rings. The molecule has 0 radical (unpaired) electrons. The molecule has 5 rings (SSSR count). The summed E-state index contributed by atoms with van der Waals surface area (Å²) in [4.78, 5) is 125. The Balaban J connectivity index is 0.000000502. The van der Waals surface area contributed by atoms with Gasteiger partial charge in [0.2, 0.25) is 29.5 Å². The van der Waals surface area contributed by atoms with E-state index in [1.54, 1.807) is 45.8 Å². The molecule has 5 saturated heterocycles. The molecule has 0 aromatic heterocycles. The molecule has 5 amide bonds. The van der Waals surface area contributed by atoms with E-state index in [1.807, 2.05) is 76.2 Å². The average Bonchev–Trinajstić information content (AvgIpc) is 4.31. The van der Waals surface area contributed by atoms with Gasteiger partial charge >= 0.3 is 29.8 Å². The molecule has 5 heterocycles. The molecule has 8 atom stereocenters. The number of esters is 5. The number of hydrogen-bond donors (Lipinski definition) is 0. The number of amides is 5. The third-order valence-electron chi connectivity index (χ3n) is 14.7. The first-order valence-electron chi connectivity index (χ1n) is 27.8. The monoisotopic (exact) mass is 1140 g/mol. The molecule has 5 unspecified atom stereocenters. The molecule has 5 fully saturated rings. The van der Waals surface area contributed by atoms with Gasteiger partial charge in [-0.1, -0.05) is 69.2 Å². The van der Waals surface area contributed by atoms with Crippen LogP contribution in [0, 0.1) is 59.2 Å². The summed E-state index contributed by atoms with van der Waals surface area (Å²) in [5.41, 5.74) is -0.422. The number of likely N-dealkylation sites (tertiary alicyclic amines) is 5. The molecule has 0 bridgehead atoms. The van der Waals surface area contributed by atoms with Gasteiger partial charge in [0.25, 0.3) is 0 Å². The molecule has 0 aromatic carbocycles. The van der Waals surface area contributed by atoms with Gasteiger partial charge in [-0.3, -0.25) is 47.9 Å². The topological polar surface area (TPSA) is 261 Å². The van der Waals surface area contributed by atoms with E-state index in [2.05, 4.69) is 9.47 Å². The van der Waals surface area contributed by atoms with E-state index in [-0.39, 0.29) is 131 Å². The molecule has 0 spiro atoms. The van der Waals surface area contributed by atoms with Crippen LogP contribution >= 0.6 is 0 Å². The minimum Gasteiger partial charge on any atom is -0.469 e. The van der Waals surface area contributed by atoms with Crippen molar-refractivity contribution in [2.75, 3.05) is 123 Å². The summed E-state index contributed by atoms with van der Waals surface area (Å²) in [6.07, 6.45) is 3.29. The lowest BCUT2D eigenvalue weighted by atomic mass is 9.94. The predicted octanol–water partition coefficient (Wildman–Crippen LogP) is 3.75. The van der Waals surface area contributed by atoms with E-state index in [9.17, 15) is 47.9 Å². The van der Waals surface area contributed by atoms with Crippen molar-refractivity contribution in [3.8, 4) is 0 Å². The Kier molecular flexibility index (Phi) is 32.2. The molecule has 0 N–H and O–H groups in total. The van der Waals surface area contributed by atoms with Crippen LogP contribution in [0.3, 0.4) is 0 Å². The third kappa shape index (κ3) is 21.5. The summed E-state index contributed by atoms with van der Waals surface area (Å²) in [6, 6.07) is -0.0296. The van der Waals surface area contributed by atoms with Crippen LogP contribution in [0.5, 0.6) is 0 Å². The normalized spacial score (nSPS) is 24.0. The quantitative estimate of drug-likeness (QED) is 0.157. The minimum atomic E-state index is -0.422. The van der Waals surface area contributed by atoms with Gasteiger partial charge in [0, 0.05) is 96.7 Å². The number of carbonyl (C=O) groups excluding carboxylic acids is 10. The van der Waals surface area contributed by atoms with Gasteiger partial charge in [-0.2, -0.15) is 0 Å². The van der Waals surface area contributed by atoms with E-state index < -0.39 is 5.54 Å². The second kappa shape index (κ2) is 35.4. The molecule has 5 aliphatic heterocycles. The van der Waals surface area contributed by atoms with Crippen LogP contribution in [0.2, 0.25) is 0 Å². The van der Waals surface area contributed by atoms with Crippen molar-refractivity contribution in [3.05, 3.63) is 0 Å². The van der Waals surface area contributed by atoms with Gasteiger partial charge in [0.15, 0.2) is 0 Å². The average molecular weight is 1140 g/mol. The lowest BCUT2D eigenvalue weighted by molar-refractivity contribution is -0.146. The summed E-state index contributed by atoms with van der Waals surface area (Å²) in [5.74, 6) is -1.86. The Morgan fingerprint density at radius 2 is 0.713 bits per heavy atom. The second-order valence-electron chi connectivity index (χ2n) is 22.8. The standard InChI is InChI=1S/C13H23NO4.2C12H21NO4.2C10H17NO3/c1-9(2)11(15)14-7-10(12(16)18-5)6-13(14,3)8-17-4;2*1-8(2)11(14)13-6-9(12(15)17-4)5-10(13)7-16-3;2*1-7(2)9(12)11-5-4-8(6-11)10(13)14-3/h9-10H,6-8H2,1-5H3;2*8-10H,5-7H2,1-4H3;2*7-8H,4-6H2,1-3H3/t10?,13-;2*9?,10-;;/m000../s1. The Labute approximate surface area is 475 Å². The maximum Gasteiger partial charge on any atom is 0.310 e. The molecule has 0 aliphatic carbocycles. The number of rotatable bonds is 16. The van der Waals surface area contributed by atoms with Crippen molar-refractivity contribution < 1.29 is 85.8 Å². The largest absolute Gasteiger partial charge is 0.469 e. The highest BCUT2D eigenvalue weighted by Crippen LogP contribution is 2.35. The fourth-order valence-corrected chi connectivity index (χ4v) is 10.4. The SMILES string of the molecule is COC(=O)C1CCN(C(=O)C(C)C)C1.COC(=O)C1CCN(C(=O)C(C)C)C1.COC[C@@H]1CC(C(=O)OC)CN1C(=O)C(C)C.COC[C@@H]1CC(C(=O)OC)CN1C(=O)C(C)C.COC[C@]1(C)CC(C(=O)OC)CN1C(=O)C(C)C. The fraction of sp³-hybridized carbons (Fsp3) is 0.825. The number of carbonyl (C=O) groups is 10. The smallest absolute Gasteiger partial charge is 0.310 e. The summed E-state index contributed by atoms with van der Waals surface area (Å²) in [6.45, 7) is 25.6. The Hall–Kier alpha value is -5.42. The van der Waals surface area contributed by atoms with Crippen LogP contribution in [0.15, 0.2) is 0 Å². The number of nitrogens with zero attached hydrogens (tertiary/aromatic N) is 5.